The van der Waals surface area contributed by atoms with Crippen molar-refractivity contribution >= 4 is 29.5 Å². The van der Waals surface area contributed by atoms with E-state index >= 15 is 0 Å². The Morgan fingerprint density at radius 2 is 1.68 bits per heavy atom. The molecule has 0 saturated heterocycles. The minimum Gasteiger partial charge on any atom is -0.508 e. The smallest absolute Gasteiger partial charge is 0.408 e. The van der Waals surface area contributed by atoms with E-state index in [9.17, 15) is 24.3 Å². The van der Waals surface area contributed by atoms with Gasteiger partial charge >= 0.3 is 6.09 Å². The predicted octanol–water partition coefficient (Wildman–Crippen LogP) is 3.78. The number of rotatable bonds is 11. The maximum Gasteiger partial charge on any atom is 0.408 e. The van der Waals surface area contributed by atoms with Gasteiger partial charge in [-0.2, -0.15) is 0 Å². The SMILES string of the molecule is COc1ccc(NC(=O)C(c2ccc(O)c(C)c2)N(C(=O)C(CCC(N)=O)NC(=O)OC(C)(C)C)C(C)C)cc1. The van der Waals surface area contributed by atoms with Gasteiger partial charge in [-0.25, -0.2) is 4.79 Å². The molecule has 4 amide bonds. The lowest BCUT2D eigenvalue weighted by atomic mass is 9.98. The van der Waals surface area contributed by atoms with Crippen LogP contribution in [0.4, 0.5) is 10.5 Å². The van der Waals surface area contributed by atoms with Crippen molar-refractivity contribution < 1.29 is 33.8 Å². The van der Waals surface area contributed by atoms with Crippen LogP contribution >= 0.6 is 0 Å². The molecular formula is C29H40N4O7. The highest BCUT2D eigenvalue weighted by Crippen LogP contribution is 2.30. The number of nitrogens with two attached hydrogens (primary N) is 1. The van der Waals surface area contributed by atoms with Crippen molar-refractivity contribution in [3.05, 3.63) is 53.6 Å². The summed E-state index contributed by atoms with van der Waals surface area (Å²) in [5.74, 6) is -1.14. The van der Waals surface area contributed by atoms with Crippen LogP contribution in [0.2, 0.25) is 0 Å². The molecule has 11 heteroatoms. The quantitative estimate of drug-likeness (QED) is 0.327. The van der Waals surface area contributed by atoms with Gasteiger partial charge in [-0.15, -0.1) is 0 Å². The summed E-state index contributed by atoms with van der Waals surface area (Å²) in [7, 11) is 1.53. The highest BCUT2D eigenvalue weighted by molar-refractivity contribution is 5.99. The number of aromatic hydroxyl groups is 1. The molecule has 0 fully saturated rings. The van der Waals surface area contributed by atoms with E-state index in [4.69, 9.17) is 15.2 Å². The Kier molecular flexibility index (Phi) is 10.9. The van der Waals surface area contributed by atoms with Crippen molar-refractivity contribution in [3.63, 3.8) is 0 Å². The van der Waals surface area contributed by atoms with E-state index in [0.29, 0.717) is 22.6 Å². The van der Waals surface area contributed by atoms with Gasteiger partial charge in [-0.3, -0.25) is 14.4 Å². The number of ether oxygens (including phenoxy) is 2. The monoisotopic (exact) mass is 556 g/mol. The minimum atomic E-state index is -1.21. The molecule has 2 unspecified atom stereocenters. The number of primary amides is 1. The molecule has 0 spiro atoms. The Balaban J connectivity index is 2.54. The number of carbonyl (C=O) groups excluding carboxylic acids is 4. The zero-order chi connectivity index (χ0) is 30.2. The largest absolute Gasteiger partial charge is 0.508 e. The Labute approximate surface area is 235 Å². The van der Waals surface area contributed by atoms with E-state index in [-0.39, 0.29) is 18.6 Å². The summed E-state index contributed by atoms with van der Waals surface area (Å²) >= 11 is 0. The average molecular weight is 557 g/mol. The van der Waals surface area contributed by atoms with Crippen LogP contribution in [-0.2, 0) is 19.1 Å². The number of nitrogens with zero attached hydrogens (tertiary/aromatic N) is 1. The number of phenols is 1. The number of nitrogens with one attached hydrogen (secondary N) is 2. The number of methoxy groups -OCH3 is 1. The fourth-order valence-corrected chi connectivity index (χ4v) is 4.03. The molecule has 0 aromatic heterocycles. The van der Waals surface area contributed by atoms with Crippen molar-refractivity contribution in [2.75, 3.05) is 12.4 Å². The second-order valence-corrected chi connectivity index (χ2v) is 10.7. The maximum atomic E-state index is 14.1. The van der Waals surface area contributed by atoms with Crippen LogP contribution < -0.4 is 21.1 Å². The number of phenolic OH excluding ortho intramolecular Hbond substituents is 1. The van der Waals surface area contributed by atoms with E-state index in [1.54, 1.807) is 77.9 Å². The molecule has 2 aromatic rings. The average Bonchev–Trinajstić information content (AvgIpc) is 2.85. The van der Waals surface area contributed by atoms with Gasteiger partial charge in [-0.1, -0.05) is 6.07 Å². The van der Waals surface area contributed by atoms with E-state index in [1.165, 1.54) is 18.1 Å². The normalized spacial score (nSPS) is 12.7. The van der Waals surface area contributed by atoms with Crippen molar-refractivity contribution in [2.24, 2.45) is 5.73 Å². The molecule has 11 nitrogen and oxygen atoms in total. The number of benzene rings is 2. The number of carbonyl (C=O) groups is 4. The molecule has 5 N–H and O–H groups in total. The van der Waals surface area contributed by atoms with Crippen molar-refractivity contribution in [1.82, 2.24) is 10.2 Å². The van der Waals surface area contributed by atoms with E-state index in [2.05, 4.69) is 10.6 Å². The van der Waals surface area contributed by atoms with E-state index in [1.807, 2.05) is 0 Å². The first-order valence-corrected chi connectivity index (χ1v) is 13.0. The summed E-state index contributed by atoms with van der Waals surface area (Å²) in [6.45, 7) is 10.2. The van der Waals surface area contributed by atoms with Gasteiger partial charge in [0.25, 0.3) is 5.91 Å². The van der Waals surface area contributed by atoms with Crippen molar-refractivity contribution in [3.8, 4) is 11.5 Å². The molecule has 2 aromatic carbocycles. The minimum absolute atomic E-state index is 0.0337. The van der Waals surface area contributed by atoms with E-state index in [0.717, 1.165) is 0 Å². The number of alkyl carbamates (subject to hydrolysis) is 1. The number of hydrogen-bond acceptors (Lipinski definition) is 7. The summed E-state index contributed by atoms with van der Waals surface area (Å²) in [5, 5.41) is 15.5. The third-order valence-electron chi connectivity index (χ3n) is 5.90. The summed E-state index contributed by atoms with van der Waals surface area (Å²) in [5.41, 5.74) is 5.93. The molecule has 0 bridgehead atoms. The molecule has 0 aliphatic heterocycles. The first-order valence-electron chi connectivity index (χ1n) is 13.0. The summed E-state index contributed by atoms with van der Waals surface area (Å²) in [6.07, 6.45) is -1.13. The lowest BCUT2D eigenvalue weighted by Gasteiger charge is -2.37. The van der Waals surface area contributed by atoms with Crippen LogP contribution in [-0.4, -0.2) is 58.6 Å². The topological polar surface area (TPSA) is 160 Å². The van der Waals surface area contributed by atoms with Crippen molar-refractivity contribution in [1.29, 1.82) is 0 Å². The standard InChI is InChI=1S/C29H40N4O7/c1-17(2)33(27(37)22(13-15-24(30)35)32-28(38)40-29(4,5)6)25(19-8-14-23(34)18(3)16-19)26(36)31-20-9-11-21(39-7)12-10-20/h8-12,14,16-17,22,25,34H,13,15H2,1-7H3,(H2,30,35)(H,31,36)(H,32,38). The molecule has 0 aliphatic rings. The number of amides is 4. The van der Waals surface area contributed by atoms with Gasteiger partial charge in [0, 0.05) is 18.2 Å². The number of aryl methyl sites for hydroxylation is 1. The van der Waals surface area contributed by atoms with Gasteiger partial charge in [0.05, 0.1) is 7.11 Å². The highest BCUT2D eigenvalue weighted by Gasteiger charge is 2.38. The van der Waals surface area contributed by atoms with Crippen LogP contribution in [0.3, 0.4) is 0 Å². The van der Waals surface area contributed by atoms with Gasteiger partial charge in [0.15, 0.2) is 0 Å². The fraction of sp³-hybridized carbons (Fsp3) is 0.448. The molecule has 0 radical (unpaired) electrons. The zero-order valence-corrected chi connectivity index (χ0v) is 24.1. The van der Waals surface area contributed by atoms with Gasteiger partial charge in [-0.05, 0) is 95.5 Å². The summed E-state index contributed by atoms with van der Waals surface area (Å²) < 4.78 is 10.5. The van der Waals surface area contributed by atoms with Crippen LogP contribution in [0.25, 0.3) is 0 Å². The molecule has 2 atom stereocenters. The van der Waals surface area contributed by atoms with Crippen LogP contribution in [0, 0.1) is 6.92 Å². The first kappa shape index (κ1) is 31.9. The highest BCUT2D eigenvalue weighted by atomic mass is 16.6. The fourth-order valence-electron chi connectivity index (χ4n) is 4.03. The third kappa shape index (κ3) is 9.18. The van der Waals surface area contributed by atoms with E-state index < -0.39 is 47.5 Å². The second-order valence-electron chi connectivity index (χ2n) is 10.7. The molecule has 40 heavy (non-hydrogen) atoms. The lowest BCUT2D eigenvalue weighted by molar-refractivity contribution is -0.143. The second kappa shape index (κ2) is 13.7. The molecular weight excluding hydrogens is 516 g/mol. The summed E-state index contributed by atoms with van der Waals surface area (Å²) in [6, 6.07) is 8.43. The molecule has 218 valence electrons. The van der Waals surface area contributed by atoms with Crippen molar-refractivity contribution in [2.45, 2.75) is 78.1 Å². The number of hydrogen-bond donors (Lipinski definition) is 4. The molecule has 2 rings (SSSR count). The summed E-state index contributed by atoms with van der Waals surface area (Å²) in [4.78, 5) is 53.4. The van der Waals surface area contributed by atoms with Crippen LogP contribution in [0.1, 0.15) is 64.6 Å². The Morgan fingerprint density at radius 3 is 2.17 bits per heavy atom. The van der Waals surface area contributed by atoms with Gasteiger partial charge < -0.3 is 35.8 Å². The third-order valence-corrected chi connectivity index (χ3v) is 5.90. The molecule has 0 aliphatic carbocycles. The molecule has 0 heterocycles. The van der Waals surface area contributed by atoms with Gasteiger partial charge in [0.1, 0.15) is 29.2 Å². The number of anilines is 1. The first-order chi connectivity index (χ1) is 18.6. The Hall–Kier alpha value is -4.28. The van der Waals surface area contributed by atoms with Crippen LogP contribution in [0.5, 0.6) is 11.5 Å². The lowest BCUT2D eigenvalue weighted by Crippen LogP contribution is -2.54. The predicted molar refractivity (Wildman–Crippen MR) is 151 cm³/mol. The Morgan fingerprint density at radius 1 is 1.05 bits per heavy atom. The van der Waals surface area contributed by atoms with Gasteiger partial charge in [0.2, 0.25) is 11.8 Å². The van der Waals surface area contributed by atoms with Crippen LogP contribution in [0.15, 0.2) is 42.5 Å². The zero-order valence-electron chi connectivity index (χ0n) is 24.1. The Bertz CT molecular complexity index is 1210. The molecule has 0 saturated carbocycles. The maximum absolute atomic E-state index is 14.1.